The van der Waals surface area contributed by atoms with Gasteiger partial charge in [0.2, 0.25) is 0 Å². The number of halogens is 1. The Hall–Kier alpha value is -2.07. The van der Waals surface area contributed by atoms with E-state index in [4.69, 9.17) is 15.2 Å². The number of hydrogen-bond donors (Lipinski definition) is 1. The summed E-state index contributed by atoms with van der Waals surface area (Å²) in [6.45, 7) is 1.78. The molecule has 0 saturated heterocycles. The largest absolute Gasteiger partial charge is 0.493 e. The van der Waals surface area contributed by atoms with Crippen molar-refractivity contribution in [1.82, 2.24) is 0 Å². The predicted octanol–water partition coefficient (Wildman–Crippen LogP) is 3.30. The van der Waals surface area contributed by atoms with Gasteiger partial charge in [-0.3, -0.25) is 0 Å². The number of nitrogens with two attached hydrogens (primary N) is 1. The second kappa shape index (κ2) is 6.39. The average Bonchev–Trinajstić information content (AvgIpc) is 2.46. The van der Waals surface area contributed by atoms with Gasteiger partial charge in [0.1, 0.15) is 11.9 Å². The fourth-order valence-electron chi connectivity index (χ4n) is 2.01. The monoisotopic (exact) mass is 275 g/mol. The molecule has 0 spiro atoms. The summed E-state index contributed by atoms with van der Waals surface area (Å²) >= 11 is 0. The van der Waals surface area contributed by atoms with Gasteiger partial charge in [-0.05, 0) is 25.1 Å². The number of para-hydroxylation sites is 2. The van der Waals surface area contributed by atoms with Crippen molar-refractivity contribution in [2.24, 2.45) is 5.73 Å². The SMILES string of the molecule is COc1ccccc1OC(c1ccccc1F)C(C)N. The maximum atomic E-state index is 13.9. The van der Waals surface area contributed by atoms with Crippen molar-refractivity contribution in [3.8, 4) is 11.5 Å². The molecule has 2 aromatic carbocycles. The van der Waals surface area contributed by atoms with Gasteiger partial charge in [0.25, 0.3) is 0 Å². The van der Waals surface area contributed by atoms with Crippen LogP contribution in [-0.4, -0.2) is 13.2 Å². The van der Waals surface area contributed by atoms with Gasteiger partial charge in [-0.25, -0.2) is 4.39 Å². The topological polar surface area (TPSA) is 44.5 Å². The van der Waals surface area contributed by atoms with Gasteiger partial charge in [-0.2, -0.15) is 0 Å². The number of methoxy groups -OCH3 is 1. The van der Waals surface area contributed by atoms with E-state index >= 15 is 0 Å². The molecule has 2 rings (SSSR count). The normalized spacial score (nSPS) is 13.6. The lowest BCUT2D eigenvalue weighted by Gasteiger charge is -2.24. The Morgan fingerprint density at radius 2 is 1.60 bits per heavy atom. The van der Waals surface area contributed by atoms with E-state index in [1.807, 2.05) is 12.1 Å². The number of rotatable bonds is 5. The lowest BCUT2D eigenvalue weighted by Crippen LogP contribution is -2.29. The summed E-state index contributed by atoms with van der Waals surface area (Å²) in [7, 11) is 1.56. The van der Waals surface area contributed by atoms with E-state index < -0.39 is 6.10 Å². The molecule has 106 valence electrons. The van der Waals surface area contributed by atoms with E-state index in [0.717, 1.165) is 0 Å². The summed E-state index contributed by atoms with van der Waals surface area (Å²) < 4.78 is 25.0. The first-order valence-electron chi connectivity index (χ1n) is 6.43. The van der Waals surface area contributed by atoms with E-state index in [-0.39, 0.29) is 11.9 Å². The van der Waals surface area contributed by atoms with Gasteiger partial charge < -0.3 is 15.2 Å². The van der Waals surface area contributed by atoms with E-state index in [2.05, 4.69) is 0 Å². The van der Waals surface area contributed by atoms with Crippen LogP contribution in [0.5, 0.6) is 11.5 Å². The van der Waals surface area contributed by atoms with E-state index in [1.165, 1.54) is 6.07 Å². The van der Waals surface area contributed by atoms with Gasteiger partial charge in [0, 0.05) is 11.6 Å². The van der Waals surface area contributed by atoms with Crippen molar-refractivity contribution in [3.05, 3.63) is 59.9 Å². The van der Waals surface area contributed by atoms with Crippen molar-refractivity contribution >= 4 is 0 Å². The number of benzene rings is 2. The molecule has 2 aromatic rings. The van der Waals surface area contributed by atoms with Gasteiger partial charge in [0.05, 0.1) is 7.11 Å². The lowest BCUT2D eigenvalue weighted by atomic mass is 10.0. The maximum absolute atomic E-state index is 13.9. The van der Waals surface area contributed by atoms with Crippen LogP contribution in [0.4, 0.5) is 4.39 Å². The summed E-state index contributed by atoms with van der Waals surface area (Å²) in [4.78, 5) is 0. The van der Waals surface area contributed by atoms with Gasteiger partial charge in [-0.1, -0.05) is 30.3 Å². The highest BCUT2D eigenvalue weighted by atomic mass is 19.1. The third-order valence-electron chi connectivity index (χ3n) is 3.01. The Labute approximate surface area is 118 Å². The quantitative estimate of drug-likeness (QED) is 0.910. The molecule has 2 unspecified atom stereocenters. The first-order chi connectivity index (χ1) is 9.63. The Balaban J connectivity index is 2.34. The van der Waals surface area contributed by atoms with Crippen LogP contribution < -0.4 is 15.2 Å². The van der Waals surface area contributed by atoms with Crippen molar-refractivity contribution in [1.29, 1.82) is 0 Å². The molecule has 3 nitrogen and oxygen atoms in total. The zero-order chi connectivity index (χ0) is 14.5. The molecule has 0 bridgehead atoms. The molecule has 2 N–H and O–H groups in total. The molecule has 0 heterocycles. The molecule has 0 aromatic heterocycles. The highest BCUT2D eigenvalue weighted by Crippen LogP contribution is 2.32. The molecule has 0 saturated carbocycles. The molecule has 2 atom stereocenters. The first-order valence-corrected chi connectivity index (χ1v) is 6.43. The summed E-state index contributed by atoms with van der Waals surface area (Å²) in [5.74, 6) is 0.805. The molecule has 0 aliphatic heterocycles. The van der Waals surface area contributed by atoms with Crippen LogP contribution in [0.3, 0.4) is 0 Å². The molecular formula is C16H18FNO2. The fraction of sp³-hybridized carbons (Fsp3) is 0.250. The fourth-order valence-corrected chi connectivity index (χ4v) is 2.01. The van der Waals surface area contributed by atoms with Crippen LogP contribution in [0.25, 0.3) is 0 Å². The van der Waals surface area contributed by atoms with E-state index in [1.54, 1.807) is 44.4 Å². The molecule has 0 amide bonds. The minimum atomic E-state index is -0.576. The summed E-state index contributed by atoms with van der Waals surface area (Å²) in [5, 5.41) is 0. The predicted molar refractivity (Wildman–Crippen MR) is 76.4 cm³/mol. The van der Waals surface area contributed by atoms with Crippen LogP contribution in [0.2, 0.25) is 0 Å². The molecule has 0 aliphatic carbocycles. The summed E-state index contributed by atoms with van der Waals surface area (Å²) in [6, 6.07) is 13.3. The Morgan fingerprint density at radius 3 is 2.20 bits per heavy atom. The number of hydrogen-bond acceptors (Lipinski definition) is 3. The van der Waals surface area contributed by atoms with Gasteiger partial charge >= 0.3 is 0 Å². The van der Waals surface area contributed by atoms with Crippen LogP contribution in [0.15, 0.2) is 48.5 Å². The zero-order valence-corrected chi connectivity index (χ0v) is 11.5. The second-order valence-corrected chi connectivity index (χ2v) is 4.57. The molecule has 0 radical (unpaired) electrons. The zero-order valence-electron chi connectivity index (χ0n) is 11.5. The minimum absolute atomic E-state index is 0.329. The standard InChI is InChI=1S/C16H18FNO2/c1-11(18)16(12-7-3-4-8-13(12)17)20-15-10-6-5-9-14(15)19-2/h3-11,16H,18H2,1-2H3. The number of ether oxygens (including phenoxy) is 2. The van der Waals surface area contributed by atoms with E-state index in [0.29, 0.717) is 17.1 Å². The van der Waals surface area contributed by atoms with Crippen molar-refractivity contribution < 1.29 is 13.9 Å². The van der Waals surface area contributed by atoms with Crippen molar-refractivity contribution in [2.45, 2.75) is 19.1 Å². The van der Waals surface area contributed by atoms with Crippen molar-refractivity contribution in [2.75, 3.05) is 7.11 Å². The smallest absolute Gasteiger partial charge is 0.162 e. The van der Waals surface area contributed by atoms with Gasteiger partial charge in [-0.15, -0.1) is 0 Å². The maximum Gasteiger partial charge on any atom is 0.162 e. The highest BCUT2D eigenvalue weighted by Gasteiger charge is 2.22. The van der Waals surface area contributed by atoms with Crippen LogP contribution in [0.1, 0.15) is 18.6 Å². The highest BCUT2D eigenvalue weighted by molar-refractivity contribution is 5.40. The van der Waals surface area contributed by atoms with Gasteiger partial charge in [0.15, 0.2) is 11.5 Å². The Morgan fingerprint density at radius 1 is 1.00 bits per heavy atom. The lowest BCUT2D eigenvalue weighted by molar-refractivity contribution is 0.169. The van der Waals surface area contributed by atoms with Crippen LogP contribution in [0, 0.1) is 5.82 Å². The minimum Gasteiger partial charge on any atom is -0.493 e. The van der Waals surface area contributed by atoms with E-state index in [9.17, 15) is 4.39 Å². The third-order valence-corrected chi connectivity index (χ3v) is 3.01. The molecule has 0 aliphatic rings. The second-order valence-electron chi connectivity index (χ2n) is 4.57. The molecule has 0 fully saturated rings. The van der Waals surface area contributed by atoms with Crippen LogP contribution in [-0.2, 0) is 0 Å². The Kier molecular flexibility index (Phi) is 4.58. The summed E-state index contributed by atoms with van der Waals surface area (Å²) in [6.07, 6.45) is -0.576. The molecule has 20 heavy (non-hydrogen) atoms. The third kappa shape index (κ3) is 3.08. The average molecular weight is 275 g/mol. The first kappa shape index (κ1) is 14.3. The summed E-state index contributed by atoms with van der Waals surface area (Å²) in [5.41, 5.74) is 6.38. The molecule has 4 heteroatoms. The Bertz CT molecular complexity index is 572. The molecular weight excluding hydrogens is 257 g/mol. The van der Waals surface area contributed by atoms with Crippen molar-refractivity contribution in [3.63, 3.8) is 0 Å². The van der Waals surface area contributed by atoms with Crippen LogP contribution >= 0.6 is 0 Å².